The standard InChI is InChI=1S/C22H21N7O2/c30-18-10-13(20(31)26-18)9-14-11-23-29-19(14)27-21(28-22(29)24-15-6-7-15)25-17-8-5-12-3-1-2-4-16(12)17/h1-4,9,11,15,17H,5-8,10H2,(H,26,30,31)(H2,24,25,27,28)/b13-9+/t17-/m0/s1. The topological polar surface area (TPSA) is 113 Å². The van der Waals surface area contributed by atoms with Crippen molar-refractivity contribution in [1.29, 1.82) is 0 Å². The van der Waals surface area contributed by atoms with E-state index in [-0.39, 0.29) is 24.3 Å². The highest BCUT2D eigenvalue weighted by molar-refractivity contribution is 6.15. The second-order valence-corrected chi connectivity index (χ2v) is 8.28. The van der Waals surface area contributed by atoms with Crippen LogP contribution in [0.2, 0.25) is 0 Å². The summed E-state index contributed by atoms with van der Waals surface area (Å²) in [6.07, 6.45) is 7.62. The normalized spacial score (nSPS) is 21.5. The Labute approximate surface area is 178 Å². The number of benzene rings is 1. The van der Waals surface area contributed by atoms with Crippen LogP contribution in [0.25, 0.3) is 11.7 Å². The lowest BCUT2D eigenvalue weighted by Crippen LogP contribution is -2.19. The lowest BCUT2D eigenvalue weighted by atomic mass is 10.1. The summed E-state index contributed by atoms with van der Waals surface area (Å²) in [6, 6.07) is 8.97. The maximum absolute atomic E-state index is 12.0. The van der Waals surface area contributed by atoms with Crippen LogP contribution in [0.4, 0.5) is 11.9 Å². The third kappa shape index (κ3) is 3.31. The zero-order chi connectivity index (χ0) is 20.9. The molecular formula is C22H21N7O2. The highest BCUT2D eigenvalue weighted by Gasteiger charge is 2.27. The van der Waals surface area contributed by atoms with Gasteiger partial charge < -0.3 is 10.6 Å². The second-order valence-electron chi connectivity index (χ2n) is 8.28. The molecule has 0 spiro atoms. The van der Waals surface area contributed by atoms with Crippen molar-refractivity contribution in [3.05, 3.63) is 52.7 Å². The Balaban J connectivity index is 1.40. The molecule has 0 bridgehead atoms. The van der Waals surface area contributed by atoms with Gasteiger partial charge in [-0.15, -0.1) is 0 Å². The molecule has 2 fully saturated rings. The first-order valence-electron chi connectivity index (χ1n) is 10.6. The molecule has 1 aliphatic heterocycles. The van der Waals surface area contributed by atoms with Gasteiger partial charge in [-0.1, -0.05) is 24.3 Å². The highest BCUT2D eigenvalue weighted by atomic mass is 16.2. The molecule has 156 valence electrons. The van der Waals surface area contributed by atoms with Crippen molar-refractivity contribution >= 4 is 35.4 Å². The minimum Gasteiger partial charge on any atom is -0.351 e. The molecule has 3 aromatic rings. The first-order chi connectivity index (χ1) is 15.1. The number of hydrogen-bond acceptors (Lipinski definition) is 7. The first-order valence-corrected chi connectivity index (χ1v) is 10.6. The van der Waals surface area contributed by atoms with E-state index in [9.17, 15) is 9.59 Å². The molecule has 6 rings (SSSR count). The summed E-state index contributed by atoms with van der Waals surface area (Å²) in [4.78, 5) is 33.0. The van der Waals surface area contributed by atoms with Gasteiger partial charge in [-0.2, -0.15) is 19.6 Å². The number of anilines is 2. The molecule has 1 aromatic carbocycles. The van der Waals surface area contributed by atoms with Crippen molar-refractivity contribution in [2.24, 2.45) is 0 Å². The van der Waals surface area contributed by atoms with Crippen LogP contribution in [0.15, 0.2) is 36.0 Å². The second kappa shape index (κ2) is 6.90. The number of nitrogens with one attached hydrogen (secondary N) is 3. The monoisotopic (exact) mass is 415 g/mol. The molecule has 1 saturated heterocycles. The maximum atomic E-state index is 12.0. The number of imide groups is 1. The van der Waals surface area contributed by atoms with Gasteiger partial charge in [0.05, 0.1) is 18.7 Å². The predicted molar refractivity (Wildman–Crippen MR) is 114 cm³/mol. The van der Waals surface area contributed by atoms with Gasteiger partial charge in [0.1, 0.15) is 0 Å². The number of hydrogen-bond donors (Lipinski definition) is 3. The van der Waals surface area contributed by atoms with Gasteiger partial charge in [0.2, 0.25) is 17.8 Å². The molecule has 3 heterocycles. The molecule has 0 unspecified atom stereocenters. The van der Waals surface area contributed by atoms with Crippen molar-refractivity contribution < 1.29 is 9.59 Å². The number of rotatable bonds is 5. The average Bonchev–Trinajstić information content (AvgIpc) is 3.20. The van der Waals surface area contributed by atoms with Gasteiger partial charge in [-0.05, 0) is 42.9 Å². The maximum Gasteiger partial charge on any atom is 0.254 e. The van der Waals surface area contributed by atoms with E-state index in [0.29, 0.717) is 34.7 Å². The molecule has 9 nitrogen and oxygen atoms in total. The Morgan fingerprint density at radius 1 is 1.10 bits per heavy atom. The molecule has 2 amide bonds. The fourth-order valence-electron chi connectivity index (χ4n) is 4.24. The van der Waals surface area contributed by atoms with Crippen molar-refractivity contribution in [1.82, 2.24) is 24.9 Å². The number of amides is 2. The van der Waals surface area contributed by atoms with Crippen LogP contribution in [0, 0.1) is 0 Å². The van der Waals surface area contributed by atoms with Gasteiger partial charge in [0, 0.05) is 17.2 Å². The number of aromatic nitrogens is 4. The smallest absolute Gasteiger partial charge is 0.254 e. The number of nitrogens with zero attached hydrogens (tertiary/aromatic N) is 4. The van der Waals surface area contributed by atoms with E-state index in [1.54, 1.807) is 16.8 Å². The number of aryl methyl sites for hydroxylation is 1. The number of fused-ring (bicyclic) bond motifs is 2. The third-order valence-corrected chi connectivity index (χ3v) is 5.97. The lowest BCUT2D eigenvalue weighted by Gasteiger charge is -2.15. The SMILES string of the molecule is O=C1C/C(=C\c2cnn3c(NC4CC4)nc(N[C@H]4CCc5ccccc54)nc23)C(=O)N1. The molecule has 3 aliphatic rings. The minimum atomic E-state index is -0.365. The van der Waals surface area contributed by atoms with Crippen molar-refractivity contribution in [2.75, 3.05) is 10.6 Å². The Morgan fingerprint density at radius 2 is 1.97 bits per heavy atom. The summed E-state index contributed by atoms with van der Waals surface area (Å²) in [7, 11) is 0. The van der Waals surface area contributed by atoms with Gasteiger partial charge in [-0.3, -0.25) is 14.9 Å². The van der Waals surface area contributed by atoms with Gasteiger partial charge in [-0.25, -0.2) is 0 Å². The summed E-state index contributed by atoms with van der Waals surface area (Å²) in [5.41, 5.74) is 4.31. The Morgan fingerprint density at radius 3 is 2.77 bits per heavy atom. The number of carbonyl (C=O) groups excluding carboxylic acids is 2. The summed E-state index contributed by atoms with van der Waals surface area (Å²) in [6.45, 7) is 0. The van der Waals surface area contributed by atoms with E-state index in [2.05, 4.69) is 45.3 Å². The summed E-state index contributed by atoms with van der Waals surface area (Å²) >= 11 is 0. The molecule has 9 heteroatoms. The average molecular weight is 415 g/mol. The summed E-state index contributed by atoms with van der Waals surface area (Å²) in [5.74, 6) is 0.485. The van der Waals surface area contributed by atoms with Crippen LogP contribution < -0.4 is 16.0 Å². The predicted octanol–water partition coefficient (Wildman–Crippen LogP) is 2.23. The molecule has 31 heavy (non-hydrogen) atoms. The zero-order valence-corrected chi connectivity index (χ0v) is 16.8. The van der Waals surface area contributed by atoms with Crippen LogP contribution in [-0.2, 0) is 16.0 Å². The van der Waals surface area contributed by atoms with E-state index in [1.807, 2.05) is 0 Å². The lowest BCUT2D eigenvalue weighted by molar-refractivity contribution is -0.124. The minimum absolute atomic E-state index is 0.0679. The molecule has 2 aromatic heterocycles. The molecule has 3 N–H and O–H groups in total. The fourth-order valence-corrected chi connectivity index (χ4v) is 4.24. The van der Waals surface area contributed by atoms with E-state index >= 15 is 0 Å². The van der Waals surface area contributed by atoms with Crippen LogP contribution in [0.5, 0.6) is 0 Å². The molecule has 1 saturated carbocycles. The van der Waals surface area contributed by atoms with Crippen molar-refractivity contribution in [3.8, 4) is 0 Å². The fraction of sp³-hybridized carbons (Fsp3) is 0.318. The van der Waals surface area contributed by atoms with Crippen LogP contribution in [0.3, 0.4) is 0 Å². The van der Waals surface area contributed by atoms with Gasteiger partial charge in [0.15, 0.2) is 5.65 Å². The van der Waals surface area contributed by atoms with E-state index in [4.69, 9.17) is 9.97 Å². The van der Waals surface area contributed by atoms with Crippen LogP contribution in [0.1, 0.15) is 48.4 Å². The molecule has 1 atom stereocenters. The third-order valence-electron chi connectivity index (χ3n) is 5.97. The Kier molecular flexibility index (Phi) is 4.02. The van der Waals surface area contributed by atoms with Gasteiger partial charge in [0.25, 0.3) is 5.91 Å². The van der Waals surface area contributed by atoms with Crippen molar-refractivity contribution in [3.63, 3.8) is 0 Å². The van der Waals surface area contributed by atoms with Crippen LogP contribution in [-0.4, -0.2) is 37.4 Å². The quantitative estimate of drug-likeness (QED) is 0.433. The molecular weight excluding hydrogens is 394 g/mol. The van der Waals surface area contributed by atoms with E-state index in [0.717, 1.165) is 25.7 Å². The van der Waals surface area contributed by atoms with Gasteiger partial charge >= 0.3 is 0 Å². The highest BCUT2D eigenvalue weighted by Crippen LogP contribution is 2.33. The zero-order valence-electron chi connectivity index (χ0n) is 16.8. The van der Waals surface area contributed by atoms with E-state index in [1.165, 1.54) is 11.1 Å². The molecule has 0 radical (unpaired) electrons. The first kappa shape index (κ1) is 18.1. The summed E-state index contributed by atoms with van der Waals surface area (Å²) < 4.78 is 1.66. The largest absolute Gasteiger partial charge is 0.351 e. The van der Waals surface area contributed by atoms with E-state index < -0.39 is 0 Å². The van der Waals surface area contributed by atoms with Crippen LogP contribution >= 0.6 is 0 Å². The summed E-state index contributed by atoms with van der Waals surface area (Å²) in [5, 5.41) is 13.7. The number of carbonyl (C=O) groups is 2. The molecule has 2 aliphatic carbocycles. The Hall–Kier alpha value is -3.75. The van der Waals surface area contributed by atoms with Crippen molar-refractivity contribution in [2.45, 2.75) is 44.2 Å². The Bertz CT molecular complexity index is 1260.